The second-order valence-electron chi connectivity index (χ2n) is 10.1. The fourth-order valence-electron chi connectivity index (χ4n) is 6.10. The monoisotopic (exact) mass is 525 g/mol. The Balaban J connectivity index is 1.38. The van der Waals surface area contributed by atoms with Gasteiger partial charge in [0.1, 0.15) is 5.82 Å². The van der Waals surface area contributed by atoms with Crippen molar-refractivity contribution in [2.75, 3.05) is 26.1 Å². The summed E-state index contributed by atoms with van der Waals surface area (Å²) in [7, 11) is 5.27. The van der Waals surface area contributed by atoms with Crippen LogP contribution in [-0.2, 0) is 19.0 Å². The van der Waals surface area contributed by atoms with Crippen LogP contribution in [0.15, 0.2) is 48.8 Å². The van der Waals surface area contributed by atoms with Gasteiger partial charge < -0.3 is 24.7 Å². The van der Waals surface area contributed by atoms with Crippen LogP contribution < -0.4 is 20.1 Å². The molecular weight excluding hydrogens is 492 g/mol. The Labute approximate surface area is 220 Å². The van der Waals surface area contributed by atoms with Crippen LogP contribution in [0.5, 0.6) is 11.5 Å². The second-order valence-corrected chi connectivity index (χ2v) is 10.1. The number of nitrogens with zero attached hydrogens (tertiary/aromatic N) is 3. The average Bonchev–Trinajstić information content (AvgIpc) is 3.49. The maximum atomic E-state index is 13.6. The van der Waals surface area contributed by atoms with Crippen molar-refractivity contribution >= 4 is 11.7 Å². The number of hydrogen-bond acceptors (Lipinski definition) is 5. The van der Waals surface area contributed by atoms with Gasteiger partial charge in [-0.1, -0.05) is 6.07 Å². The average molecular weight is 526 g/mol. The van der Waals surface area contributed by atoms with E-state index in [1.165, 1.54) is 11.6 Å². The van der Waals surface area contributed by atoms with Crippen LogP contribution in [-0.4, -0.2) is 53.3 Å². The molecule has 2 aromatic carbocycles. The molecule has 38 heavy (non-hydrogen) atoms. The maximum Gasteiger partial charge on any atom is 0.319 e. The highest BCUT2D eigenvalue weighted by Gasteiger charge is 2.52. The molecule has 0 spiro atoms. The first-order chi connectivity index (χ1) is 18.3. The summed E-state index contributed by atoms with van der Waals surface area (Å²) >= 11 is 0. The van der Waals surface area contributed by atoms with Crippen LogP contribution in [0.1, 0.15) is 37.1 Å². The van der Waals surface area contributed by atoms with Gasteiger partial charge in [0.2, 0.25) is 0 Å². The van der Waals surface area contributed by atoms with Gasteiger partial charge in [0.05, 0.1) is 20.8 Å². The Hall–Kier alpha value is -3.66. The molecule has 1 aromatic heterocycles. The number of aromatic nitrogens is 2. The number of carbonyl (C=O) groups excluding carboxylic acids is 1. The number of benzene rings is 2. The predicted molar refractivity (Wildman–Crippen MR) is 139 cm³/mol. The summed E-state index contributed by atoms with van der Waals surface area (Å²) in [5.74, 6) is 0.419. The molecule has 202 valence electrons. The van der Waals surface area contributed by atoms with Gasteiger partial charge in [0.25, 0.3) is 0 Å². The lowest BCUT2D eigenvalue weighted by molar-refractivity contribution is 0.128. The second kappa shape index (κ2) is 10.6. The van der Waals surface area contributed by atoms with Crippen LogP contribution in [0.25, 0.3) is 0 Å². The summed E-state index contributed by atoms with van der Waals surface area (Å²) in [4.78, 5) is 19.8. The molecule has 8 nitrogen and oxygen atoms in total. The SMILES string of the molecule is COc1ccc(C23CCC(NC(=O)Nc4ccc(F)c(F)c4)CC2N(Cc2nccn2C)CC3)cc1OC. The minimum atomic E-state index is -1.00. The van der Waals surface area contributed by atoms with Gasteiger partial charge in [0.15, 0.2) is 23.1 Å². The highest BCUT2D eigenvalue weighted by atomic mass is 19.2. The number of rotatable bonds is 7. The van der Waals surface area contributed by atoms with Crippen molar-refractivity contribution in [2.45, 2.75) is 49.7 Å². The zero-order valence-corrected chi connectivity index (χ0v) is 21.8. The number of halogens is 2. The molecule has 2 heterocycles. The number of likely N-dealkylation sites (tertiary alicyclic amines) is 1. The van der Waals surface area contributed by atoms with Gasteiger partial charge >= 0.3 is 6.03 Å². The molecule has 3 unspecified atom stereocenters. The fourth-order valence-corrected chi connectivity index (χ4v) is 6.10. The Kier molecular flexibility index (Phi) is 7.25. The van der Waals surface area contributed by atoms with Crippen LogP contribution >= 0.6 is 0 Å². The van der Waals surface area contributed by atoms with Crippen molar-refractivity contribution in [1.82, 2.24) is 19.8 Å². The zero-order valence-electron chi connectivity index (χ0n) is 21.8. The number of amides is 2. The molecule has 5 rings (SSSR count). The molecule has 2 N–H and O–H groups in total. The third-order valence-electron chi connectivity index (χ3n) is 8.11. The summed E-state index contributed by atoms with van der Waals surface area (Å²) in [6, 6.07) is 9.11. The standard InChI is InChI=1S/C28H33F2N5O3/c1-34-13-11-31-26(34)17-35-12-10-28(18-4-7-23(37-2)24(14-18)38-3)9-8-20(16-25(28)35)33-27(36)32-19-5-6-21(29)22(30)15-19/h4-7,11,13-15,20,25H,8-10,12,16-17H2,1-3H3,(H2,32,33,36). The highest BCUT2D eigenvalue weighted by Crippen LogP contribution is 2.50. The van der Waals surface area contributed by atoms with E-state index >= 15 is 0 Å². The minimum Gasteiger partial charge on any atom is -0.493 e. The lowest BCUT2D eigenvalue weighted by atomic mass is 9.65. The number of fused-ring (bicyclic) bond motifs is 1. The largest absolute Gasteiger partial charge is 0.493 e. The normalized spacial score (nSPS) is 23.1. The van der Waals surface area contributed by atoms with Crippen LogP contribution in [0.4, 0.5) is 19.3 Å². The molecule has 10 heteroatoms. The number of imidazole rings is 1. The van der Waals surface area contributed by atoms with E-state index in [-0.39, 0.29) is 23.2 Å². The Bertz CT molecular complexity index is 1320. The topological polar surface area (TPSA) is 80.7 Å². The lowest BCUT2D eigenvalue weighted by Gasteiger charge is -2.45. The first-order valence-electron chi connectivity index (χ1n) is 12.8. The molecule has 2 amide bonds. The molecule has 3 aromatic rings. The summed E-state index contributed by atoms with van der Waals surface area (Å²) in [6.07, 6.45) is 7.13. The van der Waals surface area contributed by atoms with Crippen molar-refractivity contribution in [3.63, 3.8) is 0 Å². The number of nitrogens with one attached hydrogen (secondary N) is 2. The van der Waals surface area contributed by atoms with Gasteiger partial charge in [-0.05, 0) is 62.1 Å². The predicted octanol–water partition coefficient (Wildman–Crippen LogP) is 4.60. The van der Waals surface area contributed by atoms with E-state index in [0.29, 0.717) is 18.0 Å². The zero-order chi connectivity index (χ0) is 26.9. The number of hydrogen-bond donors (Lipinski definition) is 2. The maximum absolute atomic E-state index is 13.6. The molecule has 0 bridgehead atoms. The third kappa shape index (κ3) is 4.92. The van der Waals surface area contributed by atoms with Crippen LogP contribution in [0, 0.1) is 11.6 Å². The molecule has 1 aliphatic carbocycles. The molecule has 1 saturated heterocycles. The number of ether oxygens (including phenoxy) is 2. The number of carbonyl (C=O) groups is 1. The van der Waals surface area contributed by atoms with E-state index < -0.39 is 17.7 Å². The van der Waals surface area contributed by atoms with Gasteiger partial charge in [-0.25, -0.2) is 18.6 Å². The summed E-state index contributed by atoms with van der Waals surface area (Å²) < 4.78 is 40.0. The van der Waals surface area contributed by atoms with E-state index in [4.69, 9.17) is 9.47 Å². The summed E-state index contributed by atoms with van der Waals surface area (Å²) in [5, 5.41) is 5.68. The number of urea groups is 1. The van der Waals surface area contributed by atoms with Crippen molar-refractivity contribution in [3.05, 3.63) is 71.8 Å². The molecular formula is C28H33F2N5O3. The molecule has 3 atom stereocenters. The lowest BCUT2D eigenvalue weighted by Crippen LogP contribution is -2.53. The molecule has 2 fully saturated rings. The van der Waals surface area contributed by atoms with Gasteiger partial charge in [-0.15, -0.1) is 0 Å². The van der Waals surface area contributed by atoms with Crippen molar-refractivity contribution in [2.24, 2.45) is 7.05 Å². The van der Waals surface area contributed by atoms with E-state index in [0.717, 1.165) is 50.2 Å². The Morgan fingerprint density at radius 2 is 1.92 bits per heavy atom. The quantitative estimate of drug-likeness (QED) is 0.471. The number of aryl methyl sites for hydroxylation is 1. The fraction of sp³-hybridized carbons (Fsp3) is 0.429. The Morgan fingerprint density at radius 3 is 2.63 bits per heavy atom. The number of anilines is 1. The number of methoxy groups -OCH3 is 2. The van der Waals surface area contributed by atoms with Gasteiger partial charge in [-0.2, -0.15) is 0 Å². The minimum absolute atomic E-state index is 0.0828. The van der Waals surface area contributed by atoms with Crippen molar-refractivity contribution in [1.29, 1.82) is 0 Å². The van der Waals surface area contributed by atoms with Gasteiger partial charge in [-0.3, -0.25) is 4.90 Å². The summed E-state index contributed by atoms with van der Waals surface area (Å²) in [6.45, 7) is 1.61. The van der Waals surface area contributed by atoms with E-state index in [1.54, 1.807) is 20.4 Å². The van der Waals surface area contributed by atoms with Crippen LogP contribution in [0.3, 0.4) is 0 Å². The molecule has 0 radical (unpaired) electrons. The van der Waals surface area contributed by atoms with Crippen LogP contribution in [0.2, 0.25) is 0 Å². The van der Waals surface area contributed by atoms with E-state index in [1.807, 2.05) is 23.9 Å². The molecule has 1 saturated carbocycles. The highest BCUT2D eigenvalue weighted by molar-refractivity contribution is 5.89. The van der Waals surface area contributed by atoms with Crippen molar-refractivity contribution in [3.8, 4) is 11.5 Å². The van der Waals surface area contributed by atoms with E-state index in [2.05, 4.69) is 32.7 Å². The van der Waals surface area contributed by atoms with Gasteiger partial charge in [0, 0.05) is 48.7 Å². The molecule has 2 aliphatic rings. The van der Waals surface area contributed by atoms with Crippen molar-refractivity contribution < 1.29 is 23.0 Å². The Morgan fingerprint density at radius 1 is 1.11 bits per heavy atom. The first-order valence-corrected chi connectivity index (χ1v) is 12.8. The smallest absolute Gasteiger partial charge is 0.319 e. The van der Waals surface area contributed by atoms with E-state index in [9.17, 15) is 13.6 Å². The summed E-state index contributed by atoms with van der Waals surface area (Å²) in [5.41, 5.74) is 1.29. The first kappa shape index (κ1) is 26.0. The third-order valence-corrected chi connectivity index (χ3v) is 8.11. The molecule has 1 aliphatic heterocycles.